The van der Waals surface area contributed by atoms with Gasteiger partial charge in [-0.15, -0.1) is 0 Å². The number of hydrazone groups is 1. The van der Waals surface area contributed by atoms with Gasteiger partial charge in [0.05, 0.1) is 27.0 Å². The summed E-state index contributed by atoms with van der Waals surface area (Å²) in [4.78, 5) is 24.3. The van der Waals surface area contributed by atoms with E-state index in [-0.39, 0.29) is 6.54 Å². The van der Waals surface area contributed by atoms with E-state index in [1.54, 1.807) is 20.3 Å². The zero-order valence-corrected chi connectivity index (χ0v) is 21.3. The second-order valence-corrected chi connectivity index (χ2v) is 7.98. The topological polar surface area (TPSA) is 103 Å². The number of hydrogen-bond acceptors (Lipinski definition) is 6. The minimum atomic E-state index is -0.834. The molecule has 0 unspecified atom stereocenters. The molecular weight excluding hydrogens is 460 g/mol. The molecule has 2 aromatic carbocycles. The third-order valence-electron chi connectivity index (χ3n) is 5.60. The molecule has 2 N–H and O–H groups in total. The Morgan fingerprint density at radius 3 is 2.36 bits per heavy atom. The lowest BCUT2D eigenvalue weighted by molar-refractivity contribution is -0.139. The predicted molar refractivity (Wildman–Crippen MR) is 138 cm³/mol. The van der Waals surface area contributed by atoms with Crippen LogP contribution in [0.25, 0.3) is 5.69 Å². The van der Waals surface area contributed by atoms with E-state index >= 15 is 0 Å². The van der Waals surface area contributed by atoms with Crippen molar-refractivity contribution in [1.29, 1.82) is 0 Å². The van der Waals surface area contributed by atoms with Gasteiger partial charge in [-0.1, -0.05) is 6.07 Å². The molecule has 0 fully saturated rings. The number of aryl methyl sites for hydroxylation is 1. The first-order chi connectivity index (χ1) is 17.4. The number of carbonyl (C=O) groups excluding carboxylic acids is 2. The van der Waals surface area contributed by atoms with Crippen molar-refractivity contribution < 1.29 is 23.8 Å². The fourth-order valence-corrected chi connectivity index (χ4v) is 3.82. The van der Waals surface area contributed by atoms with Crippen LogP contribution in [0.2, 0.25) is 0 Å². The summed E-state index contributed by atoms with van der Waals surface area (Å²) >= 11 is 0. The lowest BCUT2D eigenvalue weighted by Gasteiger charge is -2.11. The first-order valence-corrected chi connectivity index (χ1v) is 11.6. The molecule has 0 aliphatic heterocycles. The molecule has 9 nitrogen and oxygen atoms in total. The number of rotatable bonds is 10. The van der Waals surface area contributed by atoms with E-state index in [1.807, 2.05) is 63.2 Å². The van der Waals surface area contributed by atoms with Crippen molar-refractivity contribution in [2.24, 2.45) is 5.10 Å². The number of nitrogens with one attached hydrogen (secondary N) is 2. The first-order valence-electron chi connectivity index (χ1n) is 11.6. The smallest absolute Gasteiger partial charge is 0.329 e. The van der Waals surface area contributed by atoms with Crippen LogP contribution in [0.4, 0.5) is 0 Å². The SMILES string of the molecule is CCOc1ccc(-n2c(C)cc(C=NNC(=O)C(=O)NCCc3ccc(OC)c(OC)c3)c2C)cc1. The third-order valence-corrected chi connectivity index (χ3v) is 5.60. The van der Waals surface area contributed by atoms with Gasteiger partial charge >= 0.3 is 11.8 Å². The van der Waals surface area contributed by atoms with E-state index in [0.717, 1.165) is 34.0 Å². The summed E-state index contributed by atoms with van der Waals surface area (Å²) in [6.07, 6.45) is 2.06. The number of benzene rings is 2. The normalized spacial score (nSPS) is 10.8. The highest BCUT2D eigenvalue weighted by molar-refractivity contribution is 6.35. The van der Waals surface area contributed by atoms with Crippen LogP contribution in [0.3, 0.4) is 0 Å². The Hall–Kier alpha value is -4.27. The van der Waals surface area contributed by atoms with E-state index in [2.05, 4.69) is 20.4 Å². The van der Waals surface area contributed by atoms with E-state index in [0.29, 0.717) is 24.5 Å². The molecule has 3 rings (SSSR count). The molecule has 36 heavy (non-hydrogen) atoms. The van der Waals surface area contributed by atoms with Gasteiger partial charge in [-0.2, -0.15) is 5.10 Å². The maximum atomic E-state index is 12.1. The van der Waals surface area contributed by atoms with Crippen LogP contribution in [-0.4, -0.2) is 50.0 Å². The monoisotopic (exact) mass is 492 g/mol. The molecule has 1 heterocycles. The molecule has 1 aromatic heterocycles. The minimum absolute atomic E-state index is 0.286. The Bertz CT molecular complexity index is 1230. The summed E-state index contributed by atoms with van der Waals surface area (Å²) in [7, 11) is 3.13. The zero-order valence-electron chi connectivity index (χ0n) is 21.3. The van der Waals surface area contributed by atoms with Crippen LogP contribution < -0.4 is 25.0 Å². The van der Waals surface area contributed by atoms with Crippen LogP contribution in [-0.2, 0) is 16.0 Å². The Morgan fingerprint density at radius 2 is 1.69 bits per heavy atom. The average molecular weight is 493 g/mol. The summed E-state index contributed by atoms with van der Waals surface area (Å²) < 4.78 is 18.1. The van der Waals surface area contributed by atoms with Crippen molar-refractivity contribution in [2.75, 3.05) is 27.4 Å². The highest BCUT2D eigenvalue weighted by Crippen LogP contribution is 2.27. The Kier molecular flexibility index (Phi) is 9.10. The summed E-state index contributed by atoms with van der Waals surface area (Å²) in [6, 6.07) is 15.3. The molecule has 0 spiro atoms. The number of aromatic nitrogens is 1. The number of amides is 2. The van der Waals surface area contributed by atoms with Gasteiger partial charge in [0.1, 0.15) is 5.75 Å². The van der Waals surface area contributed by atoms with Crippen molar-refractivity contribution in [3.63, 3.8) is 0 Å². The lowest BCUT2D eigenvalue weighted by atomic mass is 10.1. The standard InChI is InChI=1S/C27H32N4O5/c1-6-36-23-10-8-22(9-11-23)31-18(2)15-21(19(31)3)17-29-30-27(33)26(32)28-14-13-20-7-12-24(34-4)25(16-20)35-5/h7-12,15-17H,6,13-14H2,1-5H3,(H,28,32)(H,30,33). The van der Waals surface area contributed by atoms with Gasteiger partial charge < -0.3 is 24.1 Å². The van der Waals surface area contributed by atoms with Gasteiger partial charge in [-0.3, -0.25) is 9.59 Å². The molecule has 0 saturated heterocycles. The Morgan fingerprint density at radius 1 is 0.972 bits per heavy atom. The van der Waals surface area contributed by atoms with Crippen LogP contribution in [0.15, 0.2) is 53.6 Å². The second-order valence-electron chi connectivity index (χ2n) is 7.98. The molecule has 0 bridgehead atoms. The number of hydrogen-bond donors (Lipinski definition) is 2. The first kappa shape index (κ1) is 26.3. The predicted octanol–water partition coefficient (Wildman–Crippen LogP) is 3.32. The molecule has 0 radical (unpaired) electrons. The van der Waals surface area contributed by atoms with Crippen molar-refractivity contribution in [3.8, 4) is 22.9 Å². The average Bonchev–Trinajstić information content (AvgIpc) is 3.17. The molecular formula is C27H32N4O5. The molecule has 3 aromatic rings. The Labute approximate surface area is 211 Å². The Balaban J connectivity index is 1.54. The van der Waals surface area contributed by atoms with Crippen molar-refractivity contribution in [2.45, 2.75) is 27.2 Å². The van der Waals surface area contributed by atoms with Crippen LogP contribution in [0.5, 0.6) is 17.2 Å². The maximum absolute atomic E-state index is 12.1. The third kappa shape index (κ3) is 6.44. The lowest BCUT2D eigenvalue weighted by Crippen LogP contribution is -2.38. The number of nitrogens with zero attached hydrogens (tertiary/aromatic N) is 2. The van der Waals surface area contributed by atoms with Crippen molar-refractivity contribution >= 4 is 18.0 Å². The largest absolute Gasteiger partial charge is 0.494 e. The van der Waals surface area contributed by atoms with E-state index < -0.39 is 11.8 Å². The van der Waals surface area contributed by atoms with E-state index in [1.165, 1.54) is 6.21 Å². The zero-order chi connectivity index (χ0) is 26.1. The highest BCUT2D eigenvalue weighted by atomic mass is 16.5. The maximum Gasteiger partial charge on any atom is 0.329 e. The van der Waals surface area contributed by atoms with Crippen molar-refractivity contribution in [3.05, 3.63) is 71.0 Å². The second kappa shape index (κ2) is 12.4. The molecule has 9 heteroatoms. The molecule has 0 aliphatic carbocycles. The van der Waals surface area contributed by atoms with E-state index in [9.17, 15) is 9.59 Å². The van der Waals surface area contributed by atoms with Gasteiger partial charge in [0.15, 0.2) is 11.5 Å². The van der Waals surface area contributed by atoms with Crippen molar-refractivity contribution in [1.82, 2.24) is 15.3 Å². The summed E-state index contributed by atoms with van der Waals surface area (Å²) in [5.41, 5.74) is 7.01. The van der Waals surface area contributed by atoms with Gasteiger partial charge in [0.25, 0.3) is 0 Å². The van der Waals surface area contributed by atoms with E-state index in [4.69, 9.17) is 14.2 Å². The van der Waals surface area contributed by atoms with Gasteiger partial charge in [-0.05, 0) is 75.2 Å². The highest BCUT2D eigenvalue weighted by Gasteiger charge is 2.13. The van der Waals surface area contributed by atoms with Crippen LogP contribution >= 0.6 is 0 Å². The van der Waals surface area contributed by atoms with Gasteiger partial charge in [0, 0.05) is 29.2 Å². The molecule has 0 saturated carbocycles. The fourth-order valence-electron chi connectivity index (χ4n) is 3.82. The molecule has 0 atom stereocenters. The summed E-state index contributed by atoms with van der Waals surface area (Å²) in [5, 5.41) is 6.56. The van der Waals surface area contributed by atoms with Crippen LogP contribution in [0, 0.1) is 13.8 Å². The molecule has 2 amide bonds. The number of methoxy groups -OCH3 is 2. The molecule has 0 aliphatic rings. The summed E-state index contributed by atoms with van der Waals surface area (Å²) in [5.74, 6) is 0.458. The number of carbonyl (C=O) groups is 2. The number of ether oxygens (including phenoxy) is 3. The minimum Gasteiger partial charge on any atom is -0.494 e. The van der Waals surface area contributed by atoms with Gasteiger partial charge in [-0.25, -0.2) is 5.43 Å². The van der Waals surface area contributed by atoms with Gasteiger partial charge in [0.2, 0.25) is 0 Å². The van der Waals surface area contributed by atoms with Crippen LogP contribution in [0.1, 0.15) is 29.4 Å². The summed E-state index contributed by atoms with van der Waals surface area (Å²) in [6.45, 7) is 6.80. The fraction of sp³-hybridized carbons (Fsp3) is 0.296. The quantitative estimate of drug-likeness (QED) is 0.257. The molecule has 190 valence electrons.